The lowest BCUT2D eigenvalue weighted by molar-refractivity contribution is 0.208. The SMILES string of the molecule is CCC(C)Sc1ccc(NC(=O)N(C)C(C)c2ccc(S(N)(=O)=O)cc2)c(C)c1. The summed E-state index contributed by atoms with van der Waals surface area (Å²) < 4.78 is 22.8. The summed E-state index contributed by atoms with van der Waals surface area (Å²) in [6.45, 7) is 8.22. The number of aryl methyl sites for hydroxylation is 1. The van der Waals surface area contributed by atoms with Crippen molar-refractivity contribution >= 4 is 33.5 Å². The van der Waals surface area contributed by atoms with E-state index in [0.29, 0.717) is 5.25 Å². The molecule has 0 saturated heterocycles. The molecule has 6 nitrogen and oxygen atoms in total. The van der Waals surface area contributed by atoms with Crippen molar-refractivity contribution in [3.05, 3.63) is 53.6 Å². The zero-order valence-electron chi connectivity index (χ0n) is 17.5. The molecule has 0 aromatic heterocycles. The summed E-state index contributed by atoms with van der Waals surface area (Å²) in [5.41, 5.74) is 2.59. The van der Waals surface area contributed by atoms with Crippen molar-refractivity contribution in [1.82, 2.24) is 4.90 Å². The highest BCUT2D eigenvalue weighted by atomic mass is 32.2. The number of primary sulfonamides is 1. The summed E-state index contributed by atoms with van der Waals surface area (Å²) in [5.74, 6) is 0. The van der Waals surface area contributed by atoms with Crippen molar-refractivity contribution in [2.24, 2.45) is 5.14 Å². The van der Waals surface area contributed by atoms with Crippen molar-refractivity contribution in [2.45, 2.75) is 55.2 Å². The van der Waals surface area contributed by atoms with Gasteiger partial charge in [-0.05, 0) is 61.7 Å². The Morgan fingerprint density at radius 1 is 1.17 bits per heavy atom. The van der Waals surface area contributed by atoms with Crippen LogP contribution in [0.3, 0.4) is 0 Å². The van der Waals surface area contributed by atoms with Crippen LogP contribution in [-0.4, -0.2) is 31.6 Å². The Labute approximate surface area is 177 Å². The average Bonchev–Trinajstić information content (AvgIpc) is 2.68. The summed E-state index contributed by atoms with van der Waals surface area (Å²) in [5, 5.41) is 8.63. The summed E-state index contributed by atoms with van der Waals surface area (Å²) in [4.78, 5) is 15.5. The second-order valence-corrected chi connectivity index (χ2v) is 10.2. The fourth-order valence-electron chi connectivity index (χ4n) is 2.70. The minimum atomic E-state index is -3.74. The molecule has 2 amide bonds. The smallest absolute Gasteiger partial charge is 0.321 e. The Morgan fingerprint density at radius 3 is 2.31 bits per heavy atom. The standard InChI is InChI=1S/C21H29N3O3S2/c1-6-15(3)28-18-9-12-20(14(2)13-18)23-21(25)24(5)16(4)17-7-10-19(11-8-17)29(22,26)27/h7-13,15-16H,6H2,1-5H3,(H,23,25)(H2,22,26,27). The second kappa shape index (κ2) is 9.65. The molecule has 8 heteroatoms. The first kappa shape index (κ1) is 23.3. The van der Waals surface area contributed by atoms with Gasteiger partial charge in [0, 0.05) is 22.9 Å². The summed E-state index contributed by atoms with van der Waals surface area (Å²) in [6.07, 6.45) is 1.10. The molecule has 2 aromatic rings. The number of hydrogen-bond acceptors (Lipinski definition) is 4. The number of nitrogens with zero attached hydrogens (tertiary/aromatic N) is 1. The minimum Gasteiger partial charge on any atom is -0.321 e. The lowest BCUT2D eigenvalue weighted by Crippen LogP contribution is -2.33. The van der Waals surface area contributed by atoms with E-state index in [-0.39, 0.29) is 17.0 Å². The number of nitrogens with one attached hydrogen (secondary N) is 1. The molecule has 0 aliphatic heterocycles. The number of nitrogens with two attached hydrogens (primary N) is 1. The molecule has 2 unspecified atom stereocenters. The lowest BCUT2D eigenvalue weighted by atomic mass is 10.1. The Morgan fingerprint density at radius 2 is 1.79 bits per heavy atom. The predicted octanol–water partition coefficient (Wildman–Crippen LogP) is 4.76. The number of amides is 2. The van der Waals surface area contributed by atoms with Crippen LogP contribution in [-0.2, 0) is 10.0 Å². The maximum atomic E-state index is 12.7. The molecule has 2 rings (SSSR count). The number of carbonyl (C=O) groups excluding carboxylic acids is 1. The first-order chi connectivity index (χ1) is 13.5. The van der Waals surface area contributed by atoms with Gasteiger partial charge in [0.2, 0.25) is 10.0 Å². The van der Waals surface area contributed by atoms with Crippen LogP contribution in [0.1, 0.15) is 44.4 Å². The topological polar surface area (TPSA) is 92.5 Å². The first-order valence-electron chi connectivity index (χ1n) is 9.46. The van der Waals surface area contributed by atoms with E-state index in [1.54, 1.807) is 24.1 Å². The van der Waals surface area contributed by atoms with Crippen LogP contribution < -0.4 is 10.5 Å². The van der Waals surface area contributed by atoms with Gasteiger partial charge >= 0.3 is 6.03 Å². The van der Waals surface area contributed by atoms with Crippen LogP contribution in [0, 0.1) is 6.92 Å². The average molecular weight is 436 g/mol. The molecule has 2 aromatic carbocycles. The summed E-state index contributed by atoms with van der Waals surface area (Å²) >= 11 is 1.82. The number of rotatable bonds is 7. The van der Waals surface area contributed by atoms with Gasteiger partial charge in [-0.1, -0.05) is 26.0 Å². The molecular weight excluding hydrogens is 406 g/mol. The number of carbonyl (C=O) groups is 1. The molecule has 0 heterocycles. The number of thioether (sulfide) groups is 1. The van der Waals surface area contributed by atoms with Crippen LogP contribution in [0.4, 0.5) is 10.5 Å². The molecule has 0 radical (unpaired) electrons. The van der Waals surface area contributed by atoms with Crippen molar-refractivity contribution in [1.29, 1.82) is 0 Å². The molecule has 0 fully saturated rings. The van der Waals surface area contributed by atoms with Crippen molar-refractivity contribution in [3.8, 4) is 0 Å². The van der Waals surface area contributed by atoms with Gasteiger partial charge in [-0.15, -0.1) is 11.8 Å². The zero-order valence-corrected chi connectivity index (χ0v) is 19.1. The summed E-state index contributed by atoms with van der Waals surface area (Å²) in [7, 11) is -2.03. The molecule has 2 atom stereocenters. The normalized spacial score (nSPS) is 13.6. The lowest BCUT2D eigenvalue weighted by Gasteiger charge is -2.26. The minimum absolute atomic E-state index is 0.0477. The van der Waals surface area contributed by atoms with E-state index in [1.807, 2.05) is 37.7 Å². The fraction of sp³-hybridized carbons (Fsp3) is 0.381. The van der Waals surface area contributed by atoms with Gasteiger partial charge in [-0.25, -0.2) is 18.4 Å². The molecule has 0 aliphatic carbocycles. The maximum absolute atomic E-state index is 12.7. The van der Waals surface area contributed by atoms with Gasteiger partial charge in [-0.3, -0.25) is 0 Å². The van der Waals surface area contributed by atoms with E-state index < -0.39 is 10.0 Å². The molecular formula is C21H29N3O3S2. The highest BCUT2D eigenvalue weighted by Crippen LogP contribution is 2.29. The van der Waals surface area contributed by atoms with E-state index in [9.17, 15) is 13.2 Å². The fourth-order valence-corrected chi connectivity index (χ4v) is 4.24. The molecule has 29 heavy (non-hydrogen) atoms. The number of benzene rings is 2. The zero-order chi connectivity index (χ0) is 21.8. The van der Waals surface area contributed by atoms with E-state index in [2.05, 4.69) is 25.2 Å². The first-order valence-corrected chi connectivity index (χ1v) is 11.9. The van der Waals surface area contributed by atoms with Crippen LogP contribution in [0.25, 0.3) is 0 Å². The van der Waals surface area contributed by atoms with Crippen molar-refractivity contribution < 1.29 is 13.2 Å². The van der Waals surface area contributed by atoms with Crippen molar-refractivity contribution in [3.63, 3.8) is 0 Å². The van der Waals surface area contributed by atoms with E-state index in [1.165, 1.54) is 17.0 Å². The number of hydrogen-bond donors (Lipinski definition) is 2. The number of sulfonamides is 1. The summed E-state index contributed by atoms with van der Waals surface area (Å²) in [6, 6.07) is 11.8. The van der Waals surface area contributed by atoms with Gasteiger partial charge in [-0.2, -0.15) is 0 Å². The Balaban J connectivity index is 2.08. The molecule has 0 aliphatic rings. The Bertz CT molecular complexity index is 960. The van der Waals surface area contributed by atoms with Gasteiger partial charge in [0.1, 0.15) is 0 Å². The van der Waals surface area contributed by atoms with Crippen LogP contribution in [0.5, 0.6) is 0 Å². The number of urea groups is 1. The second-order valence-electron chi connectivity index (χ2n) is 7.14. The van der Waals surface area contributed by atoms with Crippen LogP contribution in [0.15, 0.2) is 52.3 Å². The highest BCUT2D eigenvalue weighted by Gasteiger charge is 2.19. The van der Waals surface area contributed by atoms with E-state index in [4.69, 9.17) is 5.14 Å². The Hall–Kier alpha value is -2.03. The molecule has 3 N–H and O–H groups in total. The van der Waals surface area contributed by atoms with Gasteiger partial charge in [0.05, 0.1) is 10.9 Å². The largest absolute Gasteiger partial charge is 0.322 e. The van der Waals surface area contributed by atoms with Crippen molar-refractivity contribution in [2.75, 3.05) is 12.4 Å². The molecule has 0 saturated carbocycles. The van der Waals surface area contributed by atoms with Gasteiger partial charge in [0.25, 0.3) is 0 Å². The maximum Gasteiger partial charge on any atom is 0.322 e. The third-order valence-corrected chi connectivity index (χ3v) is 7.14. The molecule has 0 bridgehead atoms. The van der Waals surface area contributed by atoms with E-state index >= 15 is 0 Å². The molecule has 158 valence electrons. The third-order valence-electron chi connectivity index (χ3n) is 4.94. The highest BCUT2D eigenvalue weighted by molar-refractivity contribution is 7.99. The quantitative estimate of drug-likeness (QED) is 0.613. The molecule has 0 spiro atoms. The monoisotopic (exact) mass is 435 g/mol. The van der Waals surface area contributed by atoms with Crippen LogP contribution in [0.2, 0.25) is 0 Å². The van der Waals surface area contributed by atoms with Gasteiger partial charge in [0.15, 0.2) is 0 Å². The Kier molecular flexibility index (Phi) is 7.73. The van der Waals surface area contributed by atoms with E-state index in [0.717, 1.165) is 23.2 Å². The number of anilines is 1. The van der Waals surface area contributed by atoms with Gasteiger partial charge < -0.3 is 10.2 Å². The third kappa shape index (κ3) is 6.22. The van der Waals surface area contributed by atoms with Crippen LogP contribution >= 0.6 is 11.8 Å². The predicted molar refractivity (Wildman–Crippen MR) is 120 cm³/mol.